The molecule has 0 radical (unpaired) electrons. The van der Waals surface area contributed by atoms with Gasteiger partial charge in [0.1, 0.15) is 11.6 Å². The van der Waals surface area contributed by atoms with Gasteiger partial charge in [0, 0.05) is 10.9 Å². The lowest BCUT2D eigenvalue weighted by Gasteiger charge is -2.12. The van der Waals surface area contributed by atoms with Gasteiger partial charge in [0.05, 0.1) is 18.7 Å². The number of carbonyl (C=O) groups excluding carboxylic acids is 1. The fourth-order valence-corrected chi connectivity index (χ4v) is 2.93. The Labute approximate surface area is 143 Å². The number of allylic oxidation sites excluding steroid dienone is 1. The van der Waals surface area contributed by atoms with Crippen LogP contribution in [0.4, 0.5) is 0 Å². The number of hydrogen-bond acceptors (Lipinski definition) is 5. The van der Waals surface area contributed by atoms with Crippen LogP contribution in [0.2, 0.25) is 5.02 Å². The summed E-state index contributed by atoms with van der Waals surface area (Å²) in [5, 5.41) is 13.1. The van der Waals surface area contributed by atoms with Crippen LogP contribution in [-0.2, 0) is 0 Å². The Morgan fingerprint density at radius 3 is 2.83 bits per heavy atom. The van der Waals surface area contributed by atoms with E-state index in [0.717, 1.165) is 0 Å². The third-order valence-electron chi connectivity index (χ3n) is 3.00. The van der Waals surface area contributed by atoms with E-state index in [4.69, 9.17) is 21.1 Å². The molecule has 4 nitrogen and oxygen atoms in total. The summed E-state index contributed by atoms with van der Waals surface area (Å²) in [6.07, 6.45) is 1.49. The zero-order valence-electron chi connectivity index (χ0n) is 12.6. The minimum Gasteiger partial charge on any atom is -0.491 e. The number of carbonyl (C=O) groups is 1. The molecule has 6 heteroatoms. The molecule has 23 heavy (non-hydrogen) atoms. The molecule has 0 bridgehead atoms. The summed E-state index contributed by atoms with van der Waals surface area (Å²) in [4.78, 5) is 12.3. The van der Waals surface area contributed by atoms with Crippen molar-refractivity contribution in [3.05, 3.63) is 50.7 Å². The maximum atomic E-state index is 12.3. The number of ether oxygens (including phenoxy) is 2. The quantitative estimate of drug-likeness (QED) is 0.435. The molecule has 0 fully saturated rings. The molecule has 1 aromatic heterocycles. The zero-order chi connectivity index (χ0) is 16.8. The summed E-state index contributed by atoms with van der Waals surface area (Å²) >= 11 is 7.58. The number of rotatable bonds is 6. The highest BCUT2D eigenvalue weighted by atomic mass is 35.5. The summed E-state index contributed by atoms with van der Waals surface area (Å²) in [6.45, 7) is 2.29. The van der Waals surface area contributed by atoms with E-state index in [9.17, 15) is 10.1 Å². The lowest BCUT2D eigenvalue weighted by Crippen LogP contribution is -2.00. The second-order valence-corrected chi connectivity index (χ2v) is 5.67. The number of halogens is 1. The second kappa shape index (κ2) is 7.82. The smallest absolute Gasteiger partial charge is 0.204 e. The van der Waals surface area contributed by atoms with Crippen molar-refractivity contribution in [1.29, 1.82) is 5.26 Å². The van der Waals surface area contributed by atoms with Crippen LogP contribution in [0.3, 0.4) is 0 Å². The number of methoxy groups -OCH3 is 1. The van der Waals surface area contributed by atoms with Gasteiger partial charge in [0.15, 0.2) is 11.5 Å². The van der Waals surface area contributed by atoms with Crippen LogP contribution in [0.15, 0.2) is 34.5 Å². The molecule has 0 saturated heterocycles. The van der Waals surface area contributed by atoms with Gasteiger partial charge in [-0.15, -0.1) is 0 Å². The first-order valence-corrected chi connectivity index (χ1v) is 8.11. The zero-order valence-corrected chi connectivity index (χ0v) is 14.2. The van der Waals surface area contributed by atoms with Crippen LogP contribution in [0.1, 0.15) is 22.8 Å². The van der Waals surface area contributed by atoms with Crippen molar-refractivity contribution in [2.24, 2.45) is 0 Å². The summed E-state index contributed by atoms with van der Waals surface area (Å²) in [6, 6.07) is 6.94. The SMILES string of the molecule is CCOc1cc(/C=C(/C#N)C(=O)c2ccsc2)cc(Cl)c1OC. The van der Waals surface area contributed by atoms with Crippen molar-refractivity contribution in [3.8, 4) is 17.6 Å². The topological polar surface area (TPSA) is 59.3 Å². The van der Waals surface area contributed by atoms with Crippen LogP contribution in [-0.4, -0.2) is 19.5 Å². The Balaban J connectivity index is 2.44. The summed E-state index contributed by atoms with van der Waals surface area (Å²) in [5.74, 6) is 0.570. The number of Topliss-reactive ketones (excluding diaryl/α,β-unsaturated/α-hetero) is 1. The summed E-state index contributed by atoms with van der Waals surface area (Å²) in [5.41, 5.74) is 1.12. The molecule has 2 rings (SSSR count). The highest BCUT2D eigenvalue weighted by Gasteiger charge is 2.15. The summed E-state index contributed by atoms with van der Waals surface area (Å²) in [7, 11) is 1.50. The van der Waals surface area contributed by atoms with Gasteiger partial charge in [-0.25, -0.2) is 0 Å². The van der Waals surface area contributed by atoms with E-state index in [1.807, 2.05) is 13.0 Å². The van der Waals surface area contributed by atoms with E-state index < -0.39 is 0 Å². The van der Waals surface area contributed by atoms with Crippen LogP contribution in [0.5, 0.6) is 11.5 Å². The Hall–Kier alpha value is -2.29. The first-order chi connectivity index (χ1) is 11.1. The summed E-state index contributed by atoms with van der Waals surface area (Å²) < 4.78 is 10.7. The highest BCUT2D eigenvalue weighted by molar-refractivity contribution is 7.08. The number of hydrogen-bond donors (Lipinski definition) is 0. The molecule has 0 spiro atoms. The van der Waals surface area contributed by atoms with Gasteiger partial charge in [0.25, 0.3) is 0 Å². The molecular weight excluding hydrogens is 334 g/mol. The van der Waals surface area contributed by atoms with Gasteiger partial charge in [-0.2, -0.15) is 16.6 Å². The van der Waals surface area contributed by atoms with Crippen molar-refractivity contribution in [3.63, 3.8) is 0 Å². The van der Waals surface area contributed by atoms with Crippen molar-refractivity contribution < 1.29 is 14.3 Å². The lowest BCUT2D eigenvalue weighted by molar-refractivity contribution is 0.104. The van der Waals surface area contributed by atoms with Gasteiger partial charge in [-0.1, -0.05) is 11.6 Å². The predicted octanol–water partition coefficient (Wildman–Crippen LogP) is 4.60. The van der Waals surface area contributed by atoms with Crippen molar-refractivity contribution in [2.75, 3.05) is 13.7 Å². The lowest BCUT2D eigenvalue weighted by atomic mass is 10.0. The minimum atomic E-state index is -0.321. The number of benzene rings is 1. The minimum absolute atomic E-state index is 0.0343. The van der Waals surface area contributed by atoms with E-state index in [1.54, 1.807) is 29.0 Å². The molecular formula is C17H14ClNO3S. The fraction of sp³-hybridized carbons (Fsp3) is 0.176. The predicted molar refractivity (Wildman–Crippen MR) is 91.4 cm³/mol. The normalized spacial score (nSPS) is 11.0. The van der Waals surface area contributed by atoms with Gasteiger partial charge in [-0.05, 0) is 42.1 Å². The molecule has 0 aliphatic carbocycles. The maximum absolute atomic E-state index is 12.3. The van der Waals surface area contributed by atoms with Crippen LogP contribution in [0, 0.1) is 11.3 Å². The third kappa shape index (κ3) is 3.92. The van der Waals surface area contributed by atoms with E-state index in [1.165, 1.54) is 24.5 Å². The van der Waals surface area contributed by atoms with E-state index in [0.29, 0.717) is 34.3 Å². The van der Waals surface area contributed by atoms with Crippen molar-refractivity contribution in [1.82, 2.24) is 0 Å². The Kier molecular flexibility index (Phi) is 5.80. The Morgan fingerprint density at radius 2 is 2.26 bits per heavy atom. The highest BCUT2D eigenvalue weighted by Crippen LogP contribution is 2.37. The average molecular weight is 348 g/mol. The molecule has 0 amide bonds. The van der Waals surface area contributed by atoms with Crippen molar-refractivity contribution in [2.45, 2.75) is 6.92 Å². The monoisotopic (exact) mass is 347 g/mol. The third-order valence-corrected chi connectivity index (χ3v) is 3.96. The van der Waals surface area contributed by atoms with Gasteiger partial charge < -0.3 is 9.47 Å². The van der Waals surface area contributed by atoms with Crippen LogP contribution >= 0.6 is 22.9 Å². The molecule has 1 aromatic carbocycles. The van der Waals surface area contributed by atoms with Crippen LogP contribution in [0.25, 0.3) is 6.08 Å². The Morgan fingerprint density at radius 1 is 1.48 bits per heavy atom. The van der Waals surface area contributed by atoms with E-state index >= 15 is 0 Å². The van der Waals surface area contributed by atoms with E-state index in [-0.39, 0.29) is 11.4 Å². The van der Waals surface area contributed by atoms with E-state index in [2.05, 4.69) is 0 Å². The number of thiophene rings is 1. The van der Waals surface area contributed by atoms with Crippen molar-refractivity contribution >= 4 is 34.8 Å². The van der Waals surface area contributed by atoms with Gasteiger partial charge >= 0.3 is 0 Å². The van der Waals surface area contributed by atoms with Gasteiger partial charge in [0.2, 0.25) is 5.78 Å². The number of ketones is 1. The largest absolute Gasteiger partial charge is 0.491 e. The molecule has 2 aromatic rings. The molecule has 1 heterocycles. The molecule has 0 saturated carbocycles. The molecule has 0 aliphatic rings. The number of nitriles is 1. The standard InChI is InChI=1S/C17H14ClNO3S/c1-3-22-15-8-11(7-14(18)17(15)21-2)6-13(9-19)16(20)12-4-5-23-10-12/h4-8,10H,3H2,1-2H3/b13-6-. The average Bonchev–Trinajstić information content (AvgIpc) is 3.06. The maximum Gasteiger partial charge on any atom is 0.204 e. The number of nitrogens with zero attached hydrogens (tertiary/aromatic N) is 1. The Bertz CT molecular complexity index is 776. The first kappa shape index (κ1) is 17.1. The molecule has 118 valence electrons. The molecule has 0 N–H and O–H groups in total. The second-order valence-electron chi connectivity index (χ2n) is 4.48. The molecule has 0 atom stereocenters. The van der Waals surface area contributed by atoms with Gasteiger partial charge in [-0.3, -0.25) is 4.79 Å². The molecule has 0 unspecified atom stereocenters. The fourth-order valence-electron chi connectivity index (χ4n) is 2.00. The molecule has 0 aliphatic heterocycles. The van der Waals surface area contributed by atoms with Crippen LogP contribution < -0.4 is 9.47 Å². The first-order valence-electron chi connectivity index (χ1n) is 6.79.